The molecule has 1 aromatic heterocycles. The molecule has 1 aromatic carbocycles. The molecule has 4 heterocycles. The highest BCUT2D eigenvalue weighted by atomic mass is 16.5. The first kappa shape index (κ1) is 21.2. The number of likely N-dealkylation sites (tertiary alicyclic amines) is 1. The molecule has 1 atom stereocenters. The minimum atomic E-state index is -0.124. The van der Waals surface area contributed by atoms with Crippen LogP contribution in [0.15, 0.2) is 47.1 Å². The van der Waals surface area contributed by atoms with Gasteiger partial charge in [-0.3, -0.25) is 14.5 Å². The van der Waals surface area contributed by atoms with Crippen molar-refractivity contribution in [2.24, 2.45) is 0 Å². The number of piperidine rings is 1. The average Bonchev–Trinajstić information content (AvgIpc) is 3.46. The van der Waals surface area contributed by atoms with Crippen LogP contribution in [0.25, 0.3) is 0 Å². The van der Waals surface area contributed by atoms with Gasteiger partial charge in [0, 0.05) is 38.8 Å². The van der Waals surface area contributed by atoms with E-state index in [0.29, 0.717) is 50.7 Å². The molecule has 2 amide bonds. The van der Waals surface area contributed by atoms with E-state index in [2.05, 4.69) is 17.0 Å². The molecule has 0 saturated carbocycles. The standard InChI is InChI=1S/C25H31N3O4/c1-19-22(9-13-32-19)24(30)26-11-7-21(8-12-26)28-16-23(29)27(15-20-5-3-2-4-6-20)17-25(28)10-14-31-18-25/h2-6,9,13,21H,7-8,10-12,14-18H2,1H3. The van der Waals surface area contributed by atoms with E-state index in [0.717, 1.165) is 31.4 Å². The van der Waals surface area contributed by atoms with Gasteiger partial charge < -0.3 is 19.0 Å². The number of carbonyl (C=O) groups is 2. The minimum Gasteiger partial charge on any atom is -0.469 e. The fourth-order valence-electron chi connectivity index (χ4n) is 5.52. The van der Waals surface area contributed by atoms with Crippen LogP contribution in [0.2, 0.25) is 0 Å². The molecule has 3 saturated heterocycles. The number of carbonyl (C=O) groups excluding carboxylic acids is 2. The highest BCUT2D eigenvalue weighted by Gasteiger charge is 2.50. The molecule has 2 aromatic rings. The van der Waals surface area contributed by atoms with E-state index < -0.39 is 0 Å². The molecule has 3 fully saturated rings. The van der Waals surface area contributed by atoms with Gasteiger partial charge in [-0.25, -0.2) is 0 Å². The Bertz CT molecular complexity index is 959. The molecular formula is C25H31N3O4. The van der Waals surface area contributed by atoms with Crippen LogP contribution in [0.4, 0.5) is 0 Å². The maximum absolute atomic E-state index is 13.1. The van der Waals surface area contributed by atoms with E-state index in [1.807, 2.05) is 34.9 Å². The van der Waals surface area contributed by atoms with Crippen molar-refractivity contribution in [1.29, 1.82) is 0 Å². The van der Waals surface area contributed by atoms with Crippen LogP contribution in [0.5, 0.6) is 0 Å². The maximum atomic E-state index is 13.1. The summed E-state index contributed by atoms with van der Waals surface area (Å²) in [6, 6.07) is 12.2. The van der Waals surface area contributed by atoms with E-state index in [1.54, 1.807) is 12.3 Å². The van der Waals surface area contributed by atoms with Crippen molar-refractivity contribution in [1.82, 2.24) is 14.7 Å². The van der Waals surface area contributed by atoms with Crippen molar-refractivity contribution in [3.8, 4) is 0 Å². The SMILES string of the molecule is Cc1occc1C(=O)N1CCC(N2CC(=O)N(Cc3ccccc3)CC23CCOC3)CC1. The molecule has 0 bridgehead atoms. The van der Waals surface area contributed by atoms with Gasteiger partial charge in [0.25, 0.3) is 5.91 Å². The lowest BCUT2D eigenvalue weighted by Crippen LogP contribution is -2.68. The Balaban J connectivity index is 1.27. The summed E-state index contributed by atoms with van der Waals surface area (Å²) in [6.45, 7) is 6.40. The molecule has 3 aliphatic rings. The highest BCUT2D eigenvalue weighted by Crippen LogP contribution is 2.36. The van der Waals surface area contributed by atoms with Gasteiger partial charge in [-0.2, -0.15) is 0 Å². The van der Waals surface area contributed by atoms with Crippen LogP contribution < -0.4 is 0 Å². The number of aryl methyl sites for hydroxylation is 1. The largest absolute Gasteiger partial charge is 0.469 e. The Kier molecular flexibility index (Phi) is 5.78. The molecule has 0 radical (unpaired) electrons. The molecule has 0 aliphatic carbocycles. The molecule has 32 heavy (non-hydrogen) atoms. The monoisotopic (exact) mass is 437 g/mol. The third-order valence-corrected chi connectivity index (χ3v) is 7.33. The molecule has 1 spiro atoms. The van der Waals surface area contributed by atoms with Crippen LogP contribution >= 0.6 is 0 Å². The molecule has 170 valence electrons. The van der Waals surface area contributed by atoms with Crippen LogP contribution in [0.1, 0.15) is 40.9 Å². The van der Waals surface area contributed by atoms with E-state index in [4.69, 9.17) is 9.15 Å². The average molecular weight is 438 g/mol. The van der Waals surface area contributed by atoms with Crippen LogP contribution in [0.3, 0.4) is 0 Å². The van der Waals surface area contributed by atoms with Crippen LogP contribution in [0, 0.1) is 6.92 Å². The van der Waals surface area contributed by atoms with Crippen molar-refractivity contribution in [2.75, 3.05) is 39.4 Å². The van der Waals surface area contributed by atoms with E-state index in [1.165, 1.54) is 0 Å². The summed E-state index contributed by atoms with van der Waals surface area (Å²) >= 11 is 0. The smallest absolute Gasteiger partial charge is 0.257 e. The highest BCUT2D eigenvalue weighted by molar-refractivity contribution is 5.95. The van der Waals surface area contributed by atoms with Crippen molar-refractivity contribution < 1.29 is 18.7 Å². The molecule has 0 N–H and O–H groups in total. The summed E-state index contributed by atoms with van der Waals surface area (Å²) in [6.07, 6.45) is 4.26. The molecule has 5 rings (SSSR count). The summed E-state index contributed by atoms with van der Waals surface area (Å²) in [4.78, 5) is 32.3. The number of hydrogen-bond acceptors (Lipinski definition) is 5. The lowest BCUT2D eigenvalue weighted by Gasteiger charge is -2.52. The number of ether oxygens (including phenoxy) is 1. The maximum Gasteiger partial charge on any atom is 0.257 e. The van der Waals surface area contributed by atoms with E-state index in [-0.39, 0.29) is 23.4 Å². The second-order valence-corrected chi connectivity index (χ2v) is 9.30. The predicted molar refractivity (Wildman–Crippen MR) is 119 cm³/mol. The van der Waals surface area contributed by atoms with Crippen molar-refractivity contribution in [2.45, 2.75) is 44.3 Å². The summed E-state index contributed by atoms with van der Waals surface area (Å²) in [5.74, 6) is 0.885. The minimum absolute atomic E-state index is 0.0392. The zero-order chi connectivity index (χ0) is 22.1. The van der Waals surface area contributed by atoms with E-state index >= 15 is 0 Å². The number of hydrogen-bond donors (Lipinski definition) is 0. The molecular weight excluding hydrogens is 406 g/mol. The predicted octanol–water partition coefficient (Wildman–Crippen LogP) is 2.70. The number of nitrogens with zero attached hydrogens (tertiary/aromatic N) is 3. The number of furan rings is 1. The van der Waals surface area contributed by atoms with Crippen molar-refractivity contribution in [3.63, 3.8) is 0 Å². The quantitative estimate of drug-likeness (QED) is 0.736. The lowest BCUT2D eigenvalue weighted by molar-refractivity contribution is -0.148. The third kappa shape index (κ3) is 3.95. The van der Waals surface area contributed by atoms with Crippen molar-refractivity contribution >= 4 is 11.8 Å². The Hall–Kier alpha value is -2.64. The normalized spacial score (nSPS) is 25.1. The summed E-state index contributed by atoms with van der Waals surface area (Å²) in [5, 5.41) is 0. The van der Waals surface area contributed by atoms with Crippen molar-refractivity contribution in [3.05, 3.63) is 59.5 Å². The molecule has 3 aliphatic heterocycles. The van der Waals surface area contributed by atoms with Gasteiger partial charge in [-0.15, -0.1) is 0 Å². The second kappa shape index (κ2) is 8.71. The van der Waals surface area contributed by atoms with E-state index in [9.17, 15) is 9.59 Å². The number of piperazine rings is 1. The fourth-order valence-corrected chi connectivity index (χ4v) is 5.52. The number of benzene rings is 1. The summed E-state index contributed by atoms with van der Waals surface area (Å²) < 4.78 is 11.2. The Morgan fingerprint density at radius 3 is 2.59 bits per heavy atom. The summed E-state index contributed by atoms with van der Waals surface area (Å²) in [5.41, 5.74) is 1.68. The number of rotatable bonds is 4. The first-order valence-electron chi connectivity index (χ1n) is 11.6. The molecule has 1 unspecified atom stereocenters. The van der Waals surface area contributed by atoms with Gasteiger partial charge in [0.2, 0.25) is 5.91 Å². The first-order valence-corrected chi connectivity index (χ1v) is 11.6. The van der Waals surface area contributed by atoms with Gasteiger partial charge >= 0.3 is 0 Å². The lowest BCUT2D eigenvalue weighted by atomic mass is 9.87. The second-order valence-electron chi connectivity index (χ2n) is 9.30. The topological polar surface area (TPSA) is 66.2 Å². The molecule has 7 nitrogen and oxygen atoms in total. The zero-order valence-electron chi connectivity index (χ0n) is 18.7. The Morgan fingerprint density at radius 2 is 1.94 bits per heavy atom. The molecule has 7 heteroatoms. The van der Waals surface area contributed by atoms with Crippen LogP contribution in [-0.2, 0) is 16.1 Å². The van der Waals surface area contributed by atoms with Gasteiger partial charge in [0.15, 0.2) is 0 Å². The first-order chi connectivity index (χ1) is 15.6. The Morgan fingerprint density at radius 1 is 1.16 bits per heavy atom. The third-order valence-electron chi connectivity index (χ3n) is 7.33. The number of amides is 2. The fraction of sp³-hybridized carbons (Fsp3) is 0.520. The van der Waals surface area contributed by atoms with Gasteiger partial charge in [-0.05, 0) is 37.8 Å². The Labute approximate surface area is 188 Å². The van der Waals surface area contributed by atoms with Gasteiger partial charge in [0.05, 0.1) is 30.5 Å². The van der Waals surface area contributed by atoms with Crippen LogP contribution in [-0.4, -0.2) is 77.5 Å². The van der Waals surface area contributed by atoms with Gasteiger partial charge in [-0.1, -0.05) is 30.3 Å². The van der Waals surface area contributed by atoms with Gasteiger partial charge in [0.1, 0.15) is 5.76 Å². The summed E-state index contributed by atoms with van der Waals surface area (Å²) in [7, 11) is 0. The zero-order valence-corrected chi connectivity index (χ0v) is 18.7.